The first-order valence-electron chi connectivity index (χ1n) is 5.88. The number of nitrogens with zero attached hydrogens (tertiary/aromatic N) is 1. The minimum absolute atomic E-state index is 0.0978. The highest BCUT2D eigenvalue weighted by Gasteiger charge is 2.19. The van der Waals surface area contributed by atoms with E-state index in [0.29, 0.717) is 13.0 Å². The molecule has 0 saturated carbocycles. The lowest BCUT2D eigenvalue weighted by Gasteiger charge is -2.20. The highest BCUT2D eigenvalue weighted by Crippen LogP contribution is 2.20. The second-order valence-electron chi connectivity index (χ2n) is 4.09. The molecule has 4 nitrogen and oxygen atoms in total. The topological polar surface area (TPSA) is 57.6 Å². The first-order valence-corrected chi connectivity index (χ1v) is 6.26. The van der Waals surface area contributed by atoms with E-state index in [2.05, 4.69) is 0 Å². The molecule has 0 bridgehead atoms. The van der Waals surface area contributed by atoms with E-state index >= 15 is 0 Å². The van der Waals surface area contributed by atoms with Crippen LogP contribution in [0.4, 0.5) is 4.39 Å². The summed E-state index contributed by atoms with van der Waals surface area (Å²) in [4.78, 5) is 23.8. The van der Waals surface area contributed by atoms with Crippen LogP contribution in [0, 0.1) is 5.82 Å². The SMILES string of the molecule is CCCN(CC(=O)O)C(=O)Cc1c(F)cccc1Cl. The highest BCUT2D eigenvalue weighted by molar-refractivity contribution is 6.31. The standard InChI is InChI=1S/C13H15ClFNO3/c1-2-6-16(8-13(18)19)12(17)7-9-10(14)4-3-5-11(9)15/h3-5H,2,6-8H2,1H3,(H,18,19). The van der Waals surface area contributed by atoms with Crippen molar-refractivity contribution < 1.29 is 19.1 Å². The van der Waals surface area contributed by atoms with E-state index in [4.69, 9.17) is 16.7 Å². The normalized spacial score (nSPS) is 10.3. The summed E-state index contributed by atoms with van der Waals surface area (Å²) < 4.78 is 13.6. The van der Waals surface area contributed by atoms with Gasteiger partial charge in [0.05, 0.1) is 6.42 Å². The number of hydrogen-bond acceptors (Lipinski definition) is 2. The van der Waals surface area contributed by atoms with Crippen LogP contribution in [0.1, 0.15) is 18.9 Å². The van der Waals surface area contributed by atoms with Gasteiger partial charge in [0, 0.05) is 17.1 Å². The molecule has 1 rings (SSSR count). The minimum atomic E-state index is -1.10. The Balaban J connectivity index is 2.84. The quantitative estimate of drug-likeness (QED) is 0.874. The molecule has 6 heteroatoms. The van der Waals surface area contributed by atoms with Gasteiger partial charge < -0.3 is 10.0 Å². The largest absolute Gasteiger partial charge is 0.480 e. The summed E-state index contributed by atoms with van der Waals surface area (Å²) in [6.07, 6.45) is 0.392. The molecular formula is C13H15ClFNO3. The fourth-order valence-electron chi connectivity index (χ4n) is 1.69. The maximum Gasteiger partial charge on any atom is 0.323 e. The van der Waals surface area contributed by atoms with E-state index in [-0.39, 0.29) is 17.0 Å². The minimum Gasteiger partial charge on any atom is -0.480 e. The smallest absolute Gasteiger partial charge is 0.323 e. The van der Waals surface area contributed by atoms with Crippen molar-refractivity contribution in [3.8, 4) is 0 Å². The molecule has 1 aromatic carbocycles. The molecule has 0 aliphatic rings. The Morgan fingerprint density at radius 3 is 2.63 bits per heavy atom. The van der Waals surface area contributed by atoms with Gasteiger partial charge in [0.15, 0.2) is 0 Å². The molecule has 0 spiro atoms. The number of amides is 1. The number of carbonyl (C=O) groups is 2. The van der Waals surface area contributed by atoms with Gasteiger partial charge in [-0.05, 0) is 18.6 Å². The first-order chi connectivity index (χ1) is 8.95. The Morgan fingerprint density at radius 2 is 2.11 bits per heavy atom. The predicted molar refractivity (Wildman–Crippen MR) is 69.6 cm³/mol. The van der Waals surface area contributed by atoms with Crippen molar-refractivity contribution in [1.29, 1.82) is 0 Å². The van der Waals surface area contributed by atoms with E-state index in [1.54, 1.807) is 0 Å². The number of halogens is 2. The Kier molecular flexibility index (Phi) is 5.76. The lowest BCUT2D eigenvalue weighted by molar-refractivity contribution is -0.144. The molecular weight excluding hydrogens is 273 g/mol. The molecule has 19 heavy (non-hydrogen) atoms. The molecule has 0 radical (unpaired) electrons. The van der Waals surface area contributed by atoms with Gasteiger partial charge >= 0.3 is 5.97 Å². The van der Waals surface area contributed by atoms with Crippen molar-refractivity contribution in [2.45, 2.75) is 19.8 Å². The monoisotopic (exact) mass is 287 g/mol. The van der Waals surface area contributed by atoms with E-state index in [0.717, 1.165) is 0 Å². The molecule has 0 aromatic heterocycles. The van der Waals surface area contributed by atoms with Crippen LogP contribution in [0.5, 0.6) is 0 Å². The summed E-state index contributed by atoms with van der Waals surface area (Å²) in [6, 6.07) is 4.16. The zero-order valence-electron chi connectivity index (χ0n) is 10.5. The van der Waals surface area contributed by atoms with Crippen LogP contribution in [-0.2, 0) is 16.0 Å². The van der Waals surface area contributed by atoms with Crippen molar-refractivity contribution in [2.75, 3.05) is 13.1 Å². The van der Waals surface area contributed by atoms with Crippen LogP contribution >= 0.6 is 11.6 Å². The predicted octanol–water partition coefficient (Wildman–Crippen LogP) is 2.34. The number of rotatable bonds is 6. The molecule has 0 saturated heterocycles. The van der Waals surface area contributed by atoms with Crippen LogP contribution < -0.4 is 0 Å². The Morgan fingerprint density at radius 1 is 1.42 bits per heavy atom. The molecule has 0 aliphatic carbocycles. The second-order valence-corrected chi connectivity index (χ2v) is 4.49. The highest BCUT2D eigenvalue weighted by atomic mass is 35.5. The van der Waals surface area contributed by atoms with E-state index < -0.39 is 24.2 Å². The van der Waals surface area contributed by atoms with Crippen molar-refractivity contribution in [3.05, 3.63) is 34.6 Å². The molecule has 1 amide bonds. The third-order valence-electron chi connectivity index (χ3n) is 2.56. The van der Waals surface area contributed by atoms with Gasteiger partial charge in [-0.1, -0.05) is 24.6 Å². The van der Waals surface area contributed by atoms with Crippen LogP contribution in [0.2, 0.25) is 5.02 Å². The zero-order chi connectivity index (χ0) is 14.4. The number of benzene rings is 1. The van der Waals surface area contributed by atoms with E-state index in [9.17, 15) is 14.0 Å². The van der Waals surface area contributed by atoms with Crippen molar-refractivity contribution in [3.63, 3.8) is 0 Å². The molecule has 0 atom stereocenters. The molecule has 0 unspecified atom stereocenters. The number of carboxylic acids is 1. The molecule has 1 N–H and O–H groups in total. The summed E-state index contributed by atoms with van der Waals surface area (Å²) >= 11 is 5.83. The average Bonchev–Trinajstić information content (AvgIpc) is 2.32. The maximum atomic E-state index is 13.6. The third kappa shape index (κ3) is 4.52. The van der Waals surface area contributed by atoms with Gasteiger partial charge in [0.2, 0.25) is 5.91 Å². The van der Waals surface area contributed by atoms with Gasteiger partial charge in [0.1, 0.15) is 12.4 Å². The van der Waals surface area contributed by atoms with Gasteiger partial charge in [-0.2, -0.15) is 0 Å². The molecule has 0 aliphatic heterocycles. The molecule has 0 heterocycles. The van der Waals surface area contributed by atoms with Crippen LogP contribution in [0.3, 0.4) is 0 Å². The third-order valence-corrected chi connectivity index (χ3v) is 2.92. The number of aliphatic carboxylic acids is 1. The number of carbonyl (C=O) groups excluding carboxylic acids is 1. The lowest BCUT2D eigenvalue weighted by atomic mass is 10.1. The zero-order valence-corrected chi connectivity index (χ0v) is 11.3. The Labute approximate surface area is 115 Å². The van der Waals surface area contributed by atoms with Crippen molar-refractivity contribution in [1.82, 2.24) is 4.90 Å². The summed E-state index contributed by atoms with van der Waals surface area (Å²) in [5.41, 5.74) is 0.0978. The fraction of sp³-hybridized carbons (Fsp3) is 0.385. The average molecular weight is 288 g/mol. The summed E-state index contributed by atoms with van der Waals surface area (Å²) in [7, 11) is 0. The van der Waals surface area contributed by atoms with Crippen LogP contribution in [-0.4, -0.2) is 35.0 Å². The summed E-state index contributed by atoms with van der Waals surface area (Å²) in [5.74, 6) is -2.11. The van der Waals surface area contributed by atoms with Gasteiger partial charge in [0.25, 0.3) is 0 Å². The van der Waals surface area contributed by atoms with Crippen LogP contribution in [0.25, 0.3) is 0 Å². The fourth-order valence-corrected chi connectivity index (χ4v) is 1.92. The lowest BCUT2D eigenvalue weighted by Crippen LogP contribution is -2.37. The van der Waals surface area contributed by atoms with Gasteiger partial charge in [-0.3, -0.25) is 9.59 Å². The molecule has 104 valence electrons. The maximum absolute atomic E-state index is 13.6. The van der Waals surface area contributed by atoms with Gasteiger partial charge in [-0.25, -0.2) is 4.39 Å². The first kappa shape index (κ1) is 15.4. The second kappa shape index (κ2) is 7.09. The number of carboxylic acid groups (broad SMARTS) is 1. The Hall–Kier alpha value is -1.62. The summed E-state index contributed by atoms with van der Waals surface area (Å²) in [5, 5.41) is 8.91. The number of hydrogen-bond donors (Lipinski definition) is 1. The van der Waals surface area contributed by atoms with E-state index in [1.165, 1.54) is 23.1 Å². The van der Waals surface area contributed by atoms with Crippen molar-refractivity contribution >= 4 is 23.5 Å². The van der Waals surface area contributed by atoms with Crippen molar-refractivity contribution in [2.24, 2.45) is 0 Å². The van der Waals surface area contributed by atoms with Crippen LogP contribution in [0.15, 0.2) is 18.2 Å². The molecule has 1 aromatic rings. The van der Waals surface area contributed by atoms with Gasteiger partial charge in [-0.15, -0.1) is 0 Å². The molecule has 0 fully saturated rings. The Bertz CT molecular complexity index is 459. The summed E-state index contributed by atoms with van der Waals surface area (Å²) in [6.45, 7) is 1.76. The van der Waals surface area contributed by atoms with E-state index in [1.807, 2.05) is 6.92 Å².